The molecule has 138 valence electrons. The molecule has 0 saturated carbocycles. The third-order valence-corrected chi connectivity index (χ3v) is 5.15. The number of thiazole rings is 1. The third kappa shape index (κ3) is 4.39. The standard InChI is InChI=1S/C21H14Cl2N4S/c22-16-9-7-14(8-10-16)20(18-6-1-2-11-24-18)26-27-21-25-19(13-28-21)15-4-3-5-17(23)12-15/h1-13H,(H,25,27)/b26-20+. The number of hydrazone groups is 1. The van der Waals surface area contributed by atoms with E-state index < -0.39 is 0 Å². The Morgan fingerprint density at radius 1 is 0.929 bits per heavy atom. The fourth-order valence-electron chi connectivity index (χ4n) is 2.59. The van der Waals surface area contributed by atoms with Gasteiger partial charge in [-0.1, -0.05) is 53.5 Å². The Morgan fingerprint density at radius 2 is 1.79 bits per heavy atom. The SMILES string of the molecule is Clc1ccc(/C(=N\Nc2nc(-c3cccc(Cl)c3)cs2)c2ccccn2)cc1. The van der Waals surface area contributed by atoms with Crippen molar-refractivity contribution in [1.82, 2.24) is 9.97 Å². The van der Waals surface area contributed by atoms with Gasteiger partial charge in [-0.05, 0) is 36.4 Å². The monoisotopic (exact) mass is 424 g/mol. The molecule has 28 heavy (non-hydrogen) atoms. The van der Waals surface area contributed by atoms with Crippen LogP contribution in [0.3, 0.4) is 0 Å². The lowest BCUT2D eigenvalue weighted by Crippen LogP contribution is -2.08. The molecule has 4 aromatic rings. The van der Waals surface area contributed by atoms with Gasteiger partial charge in [-0.2, -0.15) is 5.10 Å². The molecule has 2 heterocycles. The van der Waals surface area contributed by atoms with Gasteiger partial charge >= 0.3 is 0 Å². The second-order valence-electron chi connectivity index (χ2n) is 5.84. The second kappa shape index (κ2) is 8.52. The summed E-state index contributed by atoms with van der Waals surface area (Å²) in [6, 6.07) is 20.8. The zero-order valence-electron chi connectivity index (χ0n) is 14.5. The number of nitrogens with one attached hydrogen (secondary N) is 1. The van der Waals surface area contributed by atoms with Crippen LogP contribution in [-0.2, 0) is 0 Å². The van der Waals surface area contributed by atoms with E-state index in [-0.39, 0.29) is 0 Å². The minimum Gasteiger partial charge on any atom is -0.255 e. The maximum Gasteiger partial charge on any atom is 0.203 e. The molecule has 1 N–H and O–H groups in total. The van der Waals surface area contributed by atoms with Crippen LogP contribution in [-0.4, -0.2) is 15.7 Å². The summed E-state index contributed by atoms with van der Waals surface area (Å²) in [6.07, 6.45) is 1.74. The van der Waals surface area contributed by atoms with E-state index in [1.807, 2.05) is 72.1 Å². The average Bonchev–Trinajstić information content (AvgIpc) is 3.19. The molecular weight excluding hydrogens is 411 g/mol. The molecule has 4 rings (SSSR count). The lowest BCUT2D eigenvalue weighted by molar-refractivity contribution is 1.24. The van der Waals surface area contributed by atoms with Gasteiger partial charge in [-0.25, -0.2) is 4.98 Å². The maximum absolute atomic E-state index is 6.07. The normalized spacial score (nSPS) is 11.4. The van der Waals surface area contributed by atoms with Crippen molar-refractivity contribution < 1.29 is 0 Å². The van der Waals surface area contributed by atoms with Gasteiger partial charge < -0.3 is 0 Å². The number of halogens is 2. The van der Waals surface area contributed by atoms with Gasteiger partial charge in [0.1, 0.15) is 5.71 Å². The Bertz CT molecular complexity index is 1110. The summed E-state index contributed by atoms with van der Waals surface area (Å²) < 4.78 is 0. The molecule has 0 atom stereocenters. The first-order valence-corrected chi connectivity index (χ1v) is 10.0. The third-order valence-electron chi connectivity index (χ3n) is 3.91. The van der Waals surface area contributed by atoms with Crippen molar-refractivity contribution in [2.75, 3.05) is 5.43 Å². The highest BCUT2D eigenvalue weighted by molar-refractivity contribution is 7.14. The predicted octanol–water partition coefficient (Wildman–Crippen LogP) is 6.38. The maximum atomic E-state index is 6.07. The number of aromatic nitrogens is 2. The van der Waals surface area contributed by atoms with Crippen LogP contribution in [0.25, 0.3) is 11.3 Å². The van der Waals surface area contributed by atoms with Crippen molar-refractivity contribution >= 4 is 45.4 Å². The van der Waals surface area contributed by atoms with Crippen LogP contribution in [0, 0.1) is 0 Å². The first kappa shape index (κ1) is 18.6. The molecule has 0 saturated heterocycles. The van der Waals surface area contributed by atoms with Gasteiger partial charge in [-0.3, -0.25) is 10.4 Å². The van der Waals surface area contributed by atoms with Crippen LogP contribution in [0.2, 0.25) is 10.0 Å². The predicted molar refractivity (Wildman–Crippen MR) is 118 cm³/mol. The zero-order valence-corrected chi connectivity index (χ0v) is 16.8. The number of anilines is 1. The van der Waals surface area contributed by atoms with E-state index in [4.69, 9.17) is 23.2 Å². The Morgan fingerprint density at radius 3 is 2.54 bits per heavy atom. The summed E-state index contributed by atoms with van der Waals surface area (Å²) in [5.41, 5.74) is 7.22. The molecular formula is C21H14Cl2N4S. The van der Waals surface area contributed by atoms with Crippen LogP contribution >= 0.6 is 34.5 Å². The minimum absolute atomic E-state index is 0.670. The number of hydrogen-bond acceptors (Lipinski definition) is 5. The quantitative estimate of drug-likeness (QED) is 0.298. The molecule has 2 aromatic heterocycles. The number of rotatable bonds is 5. The van der Waals surface area contributed by atoms with E-state index >= 15 is 0 Å². The number of pyridine rings is 1. The fourth-order valence-corrected chi connectivity index (χ4v) is 3.57. The van der Waals surface area contributed by atoms with Crippen molar-refractivity contribution in [3.8, 4) is 11.3 Å². The van der Waals surface area contributed by atoms with E-state index in [2.05, 4.69) is 20.5 Å². The van der Waals surface area contributed by atoms with Crippen LogP contribution in [0.5, 0.6) is 0 Å². The topological polar surface area (TPSA) is 50.2 Å². The molecule has 0 fully saturated rings. The van der Waals surface area contributed by atoms with E-state index in [9.17, 15) is 0 Å². The van der Waals surface area contributed by atoms with Crippen molar-refractivity contribution in [3.05, 3.63) is 99.6 Å². The average molecular weight is 425 g/mol. The van der Waals surface area contributed by atoms with Gasteiger partial charge in [0, 0.05) is 32.7 Å². The largest absolute Gasteiger partial charge is 0.255 e. The van der Waals surface area contributed by atoms with Gasteiger partial charge in [0.2, 0.25) is 5.13 Å². The molecule has 4 nitrogen and oxygen atoms in total. The van der Waals surface area contributed by atoms with E-state index in [1.54, 1.807) is 6.20 Å². The van der Waals surface area contributed by atoms with Gasteiger partial charge in [-0.15, -0.1) is 11.3 Å². The van der Waals surface area contributed by atoms with Crippen LogP contribution < -0.4 is 5.43 Å². The van der Waals surface area contributed by atoms with Crippen molar-refractivity contribution in [2.24, 2.45) is 5.10 Å². The number of hydrogen-bond donors (Lipinski definition) is 1. The Kier molecular flexibility index (Phi) is 5.67. The Labute approximate surface area is 176 Å². The summed E-state index contributed by atoms with van der Waals surface area (Å²) in [7, 11) is 0. The Balaban J connectivity index is 1.64. The van der Waals surface area contributed by atoms with E-state index in [0.29, 0.717) is 20.9 Å². The molecule has 0 aliphatic carbocycles. The number of nitrogens with zero attached hydrogens (tertiary/aromatic N) is 3. The zero-order chi connectivity index (χ0) is 19.3. The summed E-state index contributed by atoms with van der Waals surface area (Å²) in [5, 5.41) is 8.56. The Hall–Kier alpha value is -2.73. The summed E-state index contributed by atoms with van der Waals surface area (Å²) in [4.78, 5) is 9.01. The minimum atomic E-state index is 0.670. The second-order valence-corrected chi connectivity index (χ2v) is 7.57. The van der Waals surface area contributed by atoms with Crippen LogP contribution in [0.15, 0.2) is 83.4 Å². The number of benzene rings is 2. The van der Waals surface area contributed by atoms with Crippen LogP contribution in [0.4, 0.5) is 5.13 Å². The highest BCUT2D eigenvalue weighted by atomic mass is 35.5. The van der Waals surface area contributed by atoms with Gasteiger partial charge in [0.15, 0.2) is 0 Å². The van der Waals surface area contributed by atoms with Gasteiger partial charge in [0.05, 0.1) is 11.4 Å². The molecule has 0 spiro atoms. The highest BCUT2D eigenvalue weighted by Gasteiger charge is 2.10. The molecule has 0 unspecified atom stereocenters. The molecule has 0 bridgehead atoms. The fraction of sp³-hybridized carbons (Fsp3) is 0. The molecule has 0 radical (unpaired) electrons. The first-order valence-electron chi connectivity index (χ1n) is 8.41. The molecule has 0 amide bonds. The van der Waals surface area contributed by atoms with Crippen molar-refractivity contribution in [2.45, 2.75) is 0 Å². The molecule has 0 aliphatic rings. The highest BCUT2D eigenvalue weighted by Crippen LogP contribution is 2.27. The van der Waals surface area contributed by atoms with Crippen molar-refractivity contribution in [1.29, 1.82) is 0 Å². The summed E-state index contributed by atoms with van der Waals surface area (Å²) >= 11 is 13.6. The smallest absolute Gasteiger partial charge is 0.203 e. The first-order chi connectivity index (χ1) is 13.7. The summed E-state index contributed by atoms with van der Waals surface area (Å²) in [6.45, 7) is 0. The summed E-state index contributed by atoms with van der Waals surface area (Å²) in [5.74, 6) is 0. The lowest BCUT2D eigenvalue weighted by atomic mass is 10.1. The molecule has 7 heteroatoms. The van der Waals surface area contributed by atoms with E-state index in [0.717, 1.165) is 22.5 Å². The van der Waals surface area contributed by atoms with Crippen molar-refractivity contribution in [3.63, 3.8) is 0 Å². The lowest BCUT2D eigenvalue weighted by Gasteiger charge is -2.06. The van der Waals surface area contributed by atoms with E-state index in [1.165, 1.54) is 11.3 Å². The molecule has 0 aliphatic heterocycles. The molecule has 2 aromatic carbocycles. The van der Waals surface area contributed by atoms with Crippen LogP contribution in [0.1, 0.15) is 11.3 Å². The van der Waals surface area contributed by atoms with Gasteiger partial charge in [0.25, 0.3) is 0 Å².